The zero-order chi connectivity index (χ0) is 20.6. The Hall–Kier alpha value is -1.57. The molecule has 0 radical (unpaired) electrons. The molecule has 0 saturated carbocycles. The van der Waals surface area contributed by atoms with Crippen molar-refractivity contribution >= 4 is 44.0 Å². The van der Waals surface area contributed by atoms with Crippen LogP contribution < -0.4 is 21.1 Å². The number of nitrogens with two attached hydrogens (primary N) is 1. The number of hydrogen-bond acceptors (Lipinski definition) is 9. The van der Waals surface area contributed by atoms with Crippen molar-refractivity contribution in [3.8, 4) is 0 Å². The van der Waals surface area contributed by atoms with Gasteiger partial charge in [-0.3, -0.25) is 4.72 Å². The maximum atomic E-state index is 14.3. The van der Waals surface area contributed by atoms with Gasteiger partial charge in [0.25, 0.3) is 10.0 Å². The monoisotopic (exact) mass is 452 g/mol. The Bertz CT molecular complexity index is 854. The predicted molar refractivity (Wildman–Crippen MR) is 108 cm³/mol. The molecule has 0 unspecified atom stereocenters. The average Bonchev–Trinajstić information content (AvgIpc) is 3.15. The van der Waals surface area contributed by atoms with E-state index in [-0.39, 0.29) is 16.7 Å². The highest BCUT2D eigenvalue weighted by Gasteiger charge is 2.22. The molecule has 28 heavy (non-hydrogen) atoms. The summed E-state index contributed by atoms with van der Waals surface area (Å²) in [5, 5.41) is 15.5. The Balaban J connectivity index is 1.87. The van der Waals surface area contributed by atoms with E-state index in [0.29, 0.717) is 25.3 Å². The third-order valence-corrected chi connectivity index (χ3v) is 6.02. The zero-order valence-electron chi connectivity index (χ0n) is 14.9. The summed E-state index contributed by atoms with van der Waals surface area (Å²) in [5.41, 5.74) is 5.61. The fraction of sp³-hybridized carbons (Fsp3) is 0.467. The molecule has 1 heterocycles. The normalized spacial score (nSPS) is 12.7. The van der Waals surface area contributed by atoms with E-state index in [1.165, 1.54) is 6.33 Å². The van der Waals surface area contributed by atoms with E-state index in [1.807, 2.05) is 0 Å². The van der Waals surface area contributed by atoms with Crippen molar-refractivity contribution < 1.29 is 17.9 Å². The summed E-state index contributed by atoms with van der Waals surface area (Å²) in [5.74, 6) is -0.929. The number of nitrogens with zero attached hydrogens (tertiary/aromatic N) is 2. The fourth-order valence-corrected chi connectivity index (χ4v) is 4.25. The minimum atomic E-state index is -4.16. The lowest BCUT2D eigenvalue weighted by atomic mass is 10.2. The molecule has 0 aliphatic rings. The van der Waals surface area contributed by atoms with Crippen molar-refractivity contribution in [3.63, 3.8) is 0 Å². The molecule has 0 spiro atoms. The number of rotatable bonds is 12. The topological polar surface area (TPSA) is 142 Å². The van der Waals surface area contributed by atoms with Crippen molar-refractivity contribution in [3.05, 3.63) is 29.3 Å². The van der Waals surface area contributed by atoms with Gasteiger partial charge in [-0.25, -0.2) is 17.8 Å². The number of halogens is 2. The summed E-state index contributed by atoms with van der Waals surface area (Å²) in [6.07, 6.45) is 2.22. The number of aromatic nitrogens is 2. The number of aliphatic hydroxyl groups is 1. The summed E-state index contributed by atoms with van der Waals surface area (Å²) in [7, 11) is -4.16. The molecule has 1 atom stereocenters. The standard InChI is InChI=1S/C15H22ClFN6O3S2/c16-11-5-14(28(25,26)23-15-21-9-22-27-15)12(17)6-13(11)20-4-2-1-3-19-8-10(24)7-18/h5-6,9-10,19-20,24H,1-4,7-8,18H2,(H,21,22,23)/t10-/m0/s1. The second-order valence-electron chi connectivity index (χ2n) is 5.84. The van der Waals surface area contributed by atoms with Gasteiger partial charge >= 0.3 is 0 Å². The second-order valence-corrected chi connectivity index (χ2v) is 8.68. The van der Waals surface area contributed by atoms with E-state index >= 15 is 0 Å². The Morgan fingerprint density at radius 1 is 1.32 bits per heavy atom. The van der Waals surface area contributed by atoms with Crippen LogP contribution in [0.3, 0.4) is 0 Å². The van der Waals surface area contributed by atoms with Gasteiger partial charge in [-0.15, -0.1) is 0 Å². The Kier molecular flexibility index (Phi) is 8.79. The molecule has 6 N–H and O–H groups in total. The number of benzene rings is 1. The van der Waals surface area contributed by atoms with Gasteiger partial charge in [0.2, 0.25) is 5.13 Å². The fourth-order valence-electron chi connectivity index (χ4n) is 2.21. The number of anilines is 2. The number of hydrogen-bond donors (Lipinski definition) is 5. The van der Waals surface area contributed by atoms with Gasteiger partial charge in [0.05, 0.1) is 16.8 Å². The van der Waals surface area contributed by atoms with Gasteiger partial charge in [0, 0.05) is 31.2 Å². The lowest BCUT2D eigenvalue weighted by Crippen LogP contribution is -2.33. The molecule has 0 amide bonds. The molecule has 1 aromatic carbocycles. The number of aliphatic hydroxyl groups excluding tert-OH is 1. The Labute approximate surface area is 171 Å². The maximum Gasteiger partial charge on any atom is 0.266 e. The highest BCUT2D eigenvalue weighted by molar-refractivity contribution is 7.93. The first-order valence-electron chi connectivity index (χ1n) is 8.44. The summed E-state index contributed by atoms with van der Waals surface area (Å²) >= 11 is 6.94. The minimum absolute atomic E-state index is 0.0327. The van der Waals surface area contributed by atoms with E-state index in [2.05, 4.69) is 24.7 Å². The second kappa shape index (κ2) is 10.8. The van der Waals surface area contributed by atoms with E-state index in [9.17, 15) is 17.9 Å². The summed E-state index contributed by atoms with van der Waals surface area (Å²) in [6, 6.07) is 2.10. The molecular weight excluding hydrogens is 431 g/mol. The predicted octanol–water partition coefficient (Wildman–Crippen LogP) is 1.23. The molecule has 0 saturated heterocycles. The lowest BCUT2D eigenvalue weighted by molar-refractivity contribution is 0.179. The highest BCUT2D eigenvalue weighted by Crippen LogP contribution is 2.29. The first-order valence-corrected chi connectivity index (χ1v) is 11.1. The van der Waals surface area contributed by atoms with E-state index < -0.39 is 26.8 Å². The van der Waals surface area contributed by atoms with Gasteiger partial charge < -0.3 is 21.5 Å². The van der Waals surface area contributed by atoms with Crippen LogP contribution in [0.25, 0.3) is 0 Å². The quantitative estimate of drug-likeness (QED) is 0.303. The van der Waals surface area contributed by atoms with Crippen molar-refractivity contribution in [2.24, 2.45) is 5.73 Å². The van der Waals surface area contributed by atoms with Crippen molar-refractivity contribution in [2.75, 3.05) is 36.2 Å². The molecule has 1 aromatic heterocycles. The van der Waals surface area contributed by atoms with Crippen LogP contribution in [0.5, 0.6) is 0 Å². The maximum absolute atomic E-state index is 14.3. The van der Waals surface area contributed by atoms with Crippen molar-refractivity contribution in [1.82, 2.24) is 14.7 Å². The largest absolute Gasteiger partial charge is 0.390 e. The molecule has 2 aromatic rings. The average molecular weight is 453 g/mol. The molecule has 2 rings (SSSR count). The first-order chi connectivity index (χ1) is 13.3. The van der Waals surface area contributed by atoms with Crippen LogP contribution >= 0.6 is 23.1 Å². The number of sulfonamides is 1. The zero-order valence-corrected chi connectivity index (χ0v) is 17.2. The van der Waals surface area contributed by atoms with Crippen LogP contribution in [0.15, 0.2) is 23.4 Å². The van der Waals surface area contributed by atoms with Gasteiger partial charge in [-0.05, 0) is 31.5 Å². The third-order valence-electron chi connectivity index (χ3n) is 3.64. The molecular formula is C15H22ClFN6O3S2. The Morgan fingerprint density at radius 2 is 2.07 bits per heavy atom. The smallest absolute Gasteiger partial charge is 0.266 e. The van der Waals surface area contributed by atoms with Gasteiger partial charge in [0.1, 0.15) is 17.0 Å². The molecule has 9 nitrogen and oxygen atoms in total. The van der Waals surface area contributed by atoms with Crippen LogP contribution in [0, 0.1) is 5.82 Å². The number of nitrogens with one attached hydrogen (secondary N) is 3. The van der Waals surface area contributed by atoms with Crippen LogP contribution in [-0.2, 0) is 10.0 Å². The lowest BCUT2D eigenvalue weighted by Gasteiger charge is -2.12. The number of unbranched alkanes of at least 4 members (excludes halogenated alkanes) is 1. The van der Waals surface area contributed by atoms with Crippen LogP contribution in [-0.4, -0.2) is 55.2 Å². The molecule has 13 heteroatoms. The summed E-state index contributed by atoms with van der Waals surface area (Å²) in [6.45, 7) is 1.87. The summed E-state index contributed by atoms with van der Waals surface area (Å²) < 4.78 is 44.8. The van der Waals surface area contributed by atoms with Crippen LogP contribution in [0.4, 0.5) is 15.2 Å². The first kappa shape index (κ1) is 22.7. The van der Waals surface area contributed by atoms with Gasteiger partial charge in [-0.1, -0.05) is 11.6 Å². The van der Waals surface area contributed by atoms with Crippen LogP contribution in [0.1, 0.15) is 12.8 Å². The summed E-state index contributed by atoms with van der Waals surface area (Å²) in [4.78, 5) is 3.14. The SMILES string of the molecule is NC[C@H](O)CNCCCCNc1cc(F)c(S(=O)(=O)Nc2ncns2)cc1Cl. The minimum Gasteiger partial charge on any atom is -0.390 e. The van der Waals surface area contributed by atoms with Gasteiger partial charge in [0.15, 0.2) is 0 Å². The third kappa shape index (κ3) is 6.79. The molecule has 0 bridgehead atoms. The molecule has 156 valence electrons. The van der Waals surface area contributed by atoms with E-state index in [4.69, 9.17) is 17.3 Å². The molecule has 0 aliphatic carbocycles. The van der Waals surface area contributed by atoms with E-state index in [0.717, 1.165) is 36.5 Å². The van der Waals surface area contributed by atoms with E-state index in [1.54, 1.807) is 0 Å². The van der Waals surface area contributed by atoms with Crippen molar-refractivity contribution in [2.45, 2.75) is 23.8 Å². The highest BCUT2D eigenvalue weighted by atomic mass is 35.5. The Morgan fingerprint density at radius 3 is 2.75 bits per heavy atom. The molecule has 0 aliphatic heterocycles. The van der Waals surface area contributed by atoms with Crippen LogP contribution in [0.2, 0.25) is 5.02 Å². The van der Waals surface area contributed by atoms with Gasteiger partial charge in [-0.2, -0.15) is 4.37 Å². The van der Waals surface area contributed by atoms with Crippen molar-refractivity contribution in [1.29, 1.82) is 0 Å². The molecule has 0 fully saturated rings.